The van der Waals surface area contributed by atoms with Gasteiger partial charge in [-0.2, -0.15) is 0 Å². The number of fused-ring (bicyclic) bond motifs is 1. The molecule has 2 atom stereocenters. The third-order valence-corrected chi connectivity index (χ3v) is 2.84. The molecule has 0 fully saturated rings. The Kier molecular flexibility index (Phi) is 3.70. The number of aromatic nitrogens is 1. The molecule has 1 heterocycles. The Labute approximate surface area is 107 Å². The van der Waals surface area contributed by atoms with Gasteiger partial charge in [-0.15, -0.1) is 0 Å². The second-order valence-corrected chi connectivity index (χ2v) is 4.03. The van der Waals surface area contributed by atoms with E-state index in [9.17, 15) is 20.3 Å². The van der Waals surface area contributed by atoms with Crippen molar-refractivity contribution in [1.82, 2.24) is 4.98 Å². The van der Waals surface area contributed by atoms with Crippen molar-refractivity contribution >= 4 is 16.6 Å². The number of nitro benzene ring substituents is 1. The van der Waals surface area contributed by atoms with E-state index in [1.54, 1.807) is 6.07 Å². The van der Waals surface area contributed by atoms with Gasteiger partial charge in [0.15, 0.2) is 0 Å². The van der Waals surface area contributed by atoms with Gasteiger partial charge >= 0.3 is 0 Å². The monoisotopic (exact) mass is 264 g/mol. The number of rotatable bonds is 4. The van der Waals surface area contributed by atoms with Crippen LogP contribution in [0.4, 0.5) is 5.69 Å². The van der Waals surface area contributed by atoms with Gasteiger partial charge in [-0.05, 0) is 18.2 Å². The van der Waals surface area contributed by atoms with E-state index >= 15 is 0 Å². The van der Waals surface area contributed by atoms with E-state index in [1.165, 1.54) is 24.4 Å². The van der Waals surface area contributed by atoms with Crippen LogP contribution in [0.2, 0.25) is 0 Å². The topological polar surface area (TPSA) is 117 Å². The molecule has 1 aromatic heterocycles. The van der Waals surface area contributed by atoms with Crippen LogP contribution in [-0.4, -0.2) is 37.9 Å². The highest BCUT2D eigenvalue weighted by molar-refractivity contribution is 5.90. The highest BCUT2D eigenvalue weighted by atomic mass is 16.6. The van der Waals surface area contributed by atoms with E-state index in [0.29, 0.717) is 0 Å². The zero-order valence-electron chi connectivity index (χ0n) is 9.80. The Morgan fingerprint density at radius 3 is 2.68 bits per heavy atom. The van der Waals surface area contributed by atoms with Crippen LogP contribution in [0.15, 0.2) is 30.5 Å². The minimum atomic E-state index is -1.37. The van der Waals surface area contributed by atoms with E-state index < -0.39 is 23.7 Å². The fraction of sp³-hybridized carbons (Fsp3) is 0.250. The van der Waals surface area contributed by atoms with Crippen LogP contribution in [0.3, 0.4) is 0 Å². The second-order valence-electron chi connectivity index (χ2n) is 4.03. The third-order valence-electron chi connectivity index (χ3n) is 2.84. The van der Waals surface area contributed by atoms with Crippen LogP contribution in [0.25, 0.3) is 10.9 Å². The van der Waals surface area contributed by atoms with Gasteiger partial charge in [0.2, 0.25) is 0 Å². The summed E-state index contributed by atoms with van der Waals surface area (Å²) in [4.78, 5) is 14.4. The summed E-state index contributed by atoms with van der Waals surface area (Å²) >= 11 is 0. The molecule has 3 N–H and O–H groups in total. The van der Waals surface area contributed by atoms with E-state index in [1.807, 2.05) is 0 Å². The summed E-state index contributed by atoms with van der Waals surface area (Å²) in [5, 5.41) is 39.4. The number of nitro groups is 1. The molecule has 0 spiro atoms. The average Bonchev–Trinajstić information content (AvgIpc) is 2.44. The quantitative estimate of drug-likeness (QED) is 0.547. The molecule has 0 aliphatic carbocycles. The highest BCUT2D eigenvalue weighted by Crippen LogP contribution is 2.31. The number of pyridine rings is 1. The van der Waals surface area contributed by atoms with Crippen molar-refractivity contribution in [2.75, 3.05) is 6.61 Å². The molecule has 0 aliphatic rings. The number of nitrogens with zero attached hydrogens (tertiary/aromatic N) is 2. The van der Waals surface area contributed by atoms with Gasteiger partial charge in [0, 0.05) is 17.8 Å². The Balaban J connectivity index is 2.65. The molecule has 0 radical (unpaired) electrons. The van der Waals surface area contributed by atoms with Crippen LogP contribution in [0, 0.1) is 10.1 Å². The SMILES string of the molecule is O=[N+]([O-])c1ccc(C(O)C(O)CO)c2ncccc12. The van der Waals surface area contributed by atoms with Gasteiger partial charge in [0.1, 0.15) is 12.2 Å². The molecule has 7 heteroatoms. The van der Waals surface area contributed by atoms with Crippen molar-refractivity contribution in [3.63, 3.8) is 0 Å². The first kappa shape index (κ1) is 13.3. The first-order valence-electron chi connectivity index (χ1n) is 5.55. The maximum absolute atomic E-state index is 10.9. The maximum atomic E-state index is 10.9. The van der Waals surface area contributed by atoms with E-state index in [2.05, 4.69) is 4.98 Å². The van der Waals surface area contributed by atoms with Gasteiger partial charge in [-0.3, -0.25) is 15.1 Å². The summed E-state index contributed by atoms with van der Waals surface area (Å²) in [6.07, 6.45) is -1.29. The second kappa shape index (κ2) is 5.27. The summed E-state index contributed by atoms with van der Waals surface area (Å²) in [5.74, 6) is 0. The zero-order valence-corrected chi connectivity index (χ0v) is 9.80. The predicted octanol–water partition coefficient (Wildman–Crippen LogP) is 0.530. The lowest BCUT2D eigenvalue weighted by Gasteiger charge is -2.17. The average molecular weight is 264 g/mol. The normalized spacial score (nSPS) is 14.3. The summed E-state index contributed by atoms with van der Waals surface area (Å²) in [6.45, 7) is -0.619. The van der Waals surface area contributed by atoms with Crippen molar-refractivity contribution in [3.8, 4) is 0 Å². The first-order chi connectivity index (χ1) is 9.06. The molecule has 0 aliphatic heterocycles. The molecule has 7 nitrogen and oxygen atoms in total. The predicted molar refractivity (Wildman–Crippen MR) is 66.4 cm³/mol. The third kappa shape index (κ3) is 2.39. The molecule has 2 aromatic rings. The van der Waals surface area contributed by atoms with E-state index in [4.69, 9.17) is 5.11 Å². The van der Waals surface area contributed by atoms with Gasteiger partial charge in [0.25, 0.3) is 5.69 Å². The summed E-state index contributed by atoms with van der Waals surface area (Å²) < 4.78 is 0. The molecular weight excluding hydrogens is 252 g/mol. The number of benzene rings is 1. The smallest absolute Gasteiger partial charge is 0.278 e. The Morgan fingerprint density at radius 2 is 2.05 bits per heavy atom. The van der Waals surface area contributed by atoms with Crippen molar-refractivity contribution in [3.05, 3.63) is 46.1 Å². The molecule has 19 heavy (non-hydrogen) atoms. The fourth-order valence-electron chi connectivity index (χ4n) is 1.88. The number of aliphatic hydroxyl groups is 3. The van der Waals surface area contributed by atoms with Crippen molar-refractivity contribution in [2.45, 2.75) is 12.2 Å². The summed E-state index contributed by atoms with van der Waals surface area (Å²) in [5.41, 5.74) is 0.344. The molecule has 2 rings (SSSR count). The molecular formula is C12H12N2O5. The maximum Gasteiger partial charge on any atom is 0.278 e. The lowest BCUT2D eigenvalue weighted by molar-refractivity contribution is -0.383. The molecule has 1 aromatic carbocycles. The van der Waals surface area contributed by atoms with Crippen LogP contribution in [0.5, 0.6) is 0 Å². The first-order valence-corrected chi connectivity index (χ1v) is 5.55. The van der Waals surface area contributed by atoms with Crippen LogP contribution < -0.4 is 0 Å². The van der Waals surface area contributed by atoms with Gasteiger partial charge in [-0.25, -0.2) is 0 Å². The Morgan fingerprint density at radius 1 is 1.32 bits per heavy atom. The summed E-state index contributed by atoms with van der Waals surface area (Å²) in [7, 11) is 0. The van der Waals surface area contributed by atoms with Crippen LogP contribution in [-0.2, 0) is 0 Å². The molecule has 0 saturated heterocycles. The largest absolute Gasteiger partial charge is 0.394 e. The molecule has 100 valence electrons. The van der Waals surface area contributed by atoms with Crippen LogP contribution >= 0.6 is 0 Å². The highest BCUT2D eigenvalue weighted by Gasteiger charge is 2.23. The Hall–Kier alpha value is -2.09. The summed E-state index contributed by atoms with van der Waals surface area (Å²) in [6, 6.07) is 5.64. The van der Waals surface area contributed by atoms with Crippen LogP contribution in [0.1, 0.15) is 11.7 Å². The number of hydrogen-bond donors (Lipinski definition) is 3. The zero-order chi connectivity index (χ0) is 14.0. The van der Waals surface area contributed by atoms with Gasteiger partial charge < -0.3 is 15.3 Å². The molecule has 0 amide bonds. The van der Waals surface area contributed by atoms with Crippen molar-refractivity contribution in [2.24, 2.45) is 0 Å². The standard InChI is InChI=1S/C12H12N2O5/c15-6-10(16)12(17)8-3-4-9(14(18)19)7-2-1-5-13-11(7)8/h1-5,10,12,15-17H,6H2. The lowest BCUT2D eigenvalue weighted by atomic mass is 10.00. The van der Waals surface area contributed by atoms with E-state index in [-0.39, 0.29) is 22.2 Å². The minimum Gasteiger partial charge on any atom is -0.394 e. The molecule has 0 saturated carbocycles. The van der Waals surface area contributed by atoms with Crippen molar-refractivity contribution in [1.29, 1.82) is 0 Å². The Bertz CT molecular complexity index is 616. The molecule has 2 unspecified atom stereocenters. The fourth-order valence-corrected chi connectivity index (χ4v) is 1.88. The van der Waals surface area contributed by atoms with Gasteiger partial charge in [-0.1, -0.05) is 0 Å². The number of non-ortho nitro benzene ring substituents is 1. The number of aliphatic hydroxyl groups excluding tert-OH is 3. The lowest BCUT2D eigenvalue weighted by Crippen LogP contribution is -2.22. The van der Waals surface area contributed by atoms with E-state index in [0.717, 1.165) is 0 Å². The minimum absolute atomic E-state index is 0.127. The number of hydrogen-bond acceptors (Lipinski definition) is 6. The molecule has 0 bridgehead atoms. The van der Waals surface area contributed by atoms with Crippen molar-refractivity contribution < 1.29 is 20.2 Å². The van der Waals surface area contributed by atoms with Gasteiger partial charge in [0.05, 0.1) is 22.4 Å².